The van der Waals surface area contributed by atoms with Gasteiger partial charge >= 0.3 is 5.97 Å². The second-order valence-corrected chi connectivity index (χ2v) is 7.75. The van der Waals surface area contributed by atoms with E-state index in [1.54, 1.807) is 4.90 Å². The number of likely N-dealkylation sites (tertiary alicyclic amines) is 1. The highest BCUT2D eigenvalue weighted by molar-refractivity contribution is 5.85. The smallest absolute Gasteiger partial charge is 0.328 e. The molecule has 29 heavy (non-hydrogen) atoms. The summed E-state index contributed by atoms with van der Waals surface area (Å²) in [6.45, 7) is 4.12. The maximum absolute atomic E-state index is 12.5. The largest absolute Gasteiger partial charge is 0.480 e. The zero-order valence-electron chi connectivity index (χ0n) is 16.9. The van der Waals surface area contributed by atoms with Gasteiger partial charge < -0.3 is 26.0 Å². The summed E-state index contributed by atoms with van der Waals surface area (Å²) >= 11 is 0. The number of aliphatic carboxylic acids is 1. The fraction of sp³-hybridized carbons (Fsp3) is 0.789. The predicted octanol–water partition coefficient (Wildman–Crippen LogP) is 0.132. The molecule has 9 nitrogen and oxygen atoms in total. The fourth-order valence-corrected chi connectivity index (χ4v) is 3.87. The molecule has 0 aromatic heterocycles. The van der Waals surface area contributed by atoms with Gasteiger partial charge in [-0.15, -0.1) is 12.4 Å². The van der Waals surface area contributed by atoms with Crippen molar-refractivity contribution in [3.05, 3.63) is 0 Å². The van der Waals surface area contributed by atoms with Crippen LogP contribution in [0.1, 0.15) is 45.4 Å². The van der Waals surface area contributed by atoms with E-state index in [9.17, 15) is 19.2 Å². The van der Waals surface area contributed by atoms with Crippen LogP contribution in [-0.4, -0.2) is 72.5 Å². The number of amides is 3. The molecule has 0 aromatic carbocycles. The molecular weight excluding hydrogens is 400 g/mol. The Hall–Kier alpha value is -1.87. The Morgan fingerprint density at radius 2 is 1.86 bits per heavy atom. The maximum Gasteiger partial charge on any atom is 0.328 e. The number of nitrogens with one attached hydrogen (secondary N) is 3. The Morgan fingerprint density at radius 3 is 2.48 bits per heavy atom. The van der Waals surface area contributed by atoms with Crippen molar-refractivity contribution in [2.75, 3.05) is 32.7 Å². The Bertz CT molecular complexity index is 583. The van der Waals surface area contributed by atoms with E-state index in [4.69, 9.17) is 5.11 Å². The second-order valence-electron chi connectivity index (χ2n) is 7.75. The molecule has 2 aliphatic rings. The highest BCUT2D eigenvalue weighted by atomic mass is 35.5. The van der Waals surface area contributed by atoms with Gasteiger partial charge in [-0.1, -0.05) is 0 Å². The van der Waals surface area contributed by atoms with Crippen molar-refractivity contribution in [2.24, 2.45) is 11.8 Å². The van der Waals surface area contributed by atoms with Crippen LogP contribution in [0.2, 0.25) is 0 Å². The van der Waals surface area contributed by atoms with E-state index < -0.39 is 17.9 Å². The number of halogens is 1. The van der Waals surface area contributed by atoms with Crippen LogP contribution in [0.4, 0.5) is 0 Å². The molecule has 2 saturated heterocycles. The van der Waals surface area contributed by atoms with E-state index >= 15 is 0 Å². The van der Waals surface area contributed by atoms with Gasteiger partial charge in [0.2, 0.25) is 17.7 Å². The third-order valence-electron chi connectivity index (χ3n) is 5.53. The van der Waals surface area contributed by atoms with E-state index in [1.807, 2.05) is 0 Å². The van der Waals surface area contributed by atoms with Gasteiger partial charge in [0.25, 0.3) is 0 Å². The van der Waals surface area contributed by atoms with Crippen molar-refractivity contribution in [2.45, 2.75) is 51.5 Å². The van der Waals surface area contributed by atoms with E-state index in [0.717, 1.165) is 38.8 Å². The number of carboxylic acid groups (broad SMARTS) is 1. The van der Waals surface area contributed by atoms with Crippen molar-refractivity contribution in [3.63, 3.8) is 0 Å². The van der Waals surface area contributed by atoms with E-state index in [-0.39, 0.29) is 36.7 Å². The third kappa shape index (κ3) is 8.57. The molecule has 10 heteroatoms. The molecule has 0 aromatic rings. The van der Waals surface area contributed by atoms with E-state index in [0.29, 0.717) is 31.8 Å². The first-order valence-corrected chi connectivity index (χ1v) is 10.1. The SMILES string of the molecule is CC(=O)N[C@@H](CNC(=O)[C@@H]1CCCN(C(=O)CCC2CCNCC2)C1)C(=O)O.Cl. The minimum atomic E-state index is -1.20. The predicted molar refractivity (Wildman–Crippen MR) is 110 cm³/mol. The van der Waals surface area contributed by atoms with Crippen LogP contribution >= 0.6 is 12.4 Å². The molecule has 0 radical (unpaired) electrons. The molecule has 166 valence electrons. The Kier molecular flexibility index (Phi) is 11.0. The number of rotatable bonds is 8. The number of piperidine rings is 2. The molecule has 4 N–H and O–H groups in total. The minimum absolute atomic E-state index is 0. The topological polar surface area (TPSA) is 128 Å². The summed E-state index contributed by atoms with van der Waals surface area (Å²) in [6, 6.07) is -1.16. The number of nitrogens with zero attached hydrogens (tertiary/aromatic N) is 1. The van der Waals surface area contributed by atoms with Crippen molar-refractivity contribution in [3.8, 4) is 0 Å². The molecule has 2 fully saturated rings. The molecule has 2 heterocycles. The van der Waals surface area contributed by atoms with Crippen molar-refractivity contribution in [1.29, 1.82) is 0 Å². The third-order valence-corrected chi connectivity index (χ3v) is 5.53. The van der Waals surface area contributed by atoms with Gasteiger partial charge in [0.05, 0.1) is 5.92 Å². The first-order chi connectivity index (χ1) is 13.4. The highest BCUT2D eigenvalue weighted by Gasteiger charge is 2.29. The van der Waals surface area contributed by atoms with Crippen LogP contribution in [0.3, 0.4) is 0 Å². The lowest BCUT2D eigenvalue weighted by Gasteiger charge is -2.33. The first kappa shape index (κ1) is 25.2. The van der Waals surface area contributed by atoms with Crippen LogP contribution in [0.25, 0.3) is 0 Å². The normalized spacial score (nSPS) is 20.9. The quantitative estimate of drug-likeness (QED) is 0.431. The number of carbonyl (C=O) groups excluding carboxylic acids is 3. The zero-order chi connectivity index (χ0) is 20.5. The molecule has 0 aliphatic carbocycles. The summed E-state index contributed by atoms with van der Waals surface area (Å²) in [4.78, 5) is 48.9. The van der Waals surface area contributed by atoms with E-state index in [1.165, 1.54) is 6.92 Å². The fourth-order valence-electron chi connectivity index (χ4n) is 3.87. The lowest BCUT2D eigenvalue weighted by molar-refractivity contribution is -0.141. The summed E-state index contributed by atoms with van der Waals surface area (Å²) in [5.41, 5.74) is 0. The number of carbonyl (C=O) groups is 4. The average Bonchev–Trinajstić information content (AvgIpc) is 2.69. The second kappa shape index (κ2) is 12.6. The van der Waals surface area contributed by atoms with Crippen LogP contribution < -0.4 is 16.0 Å². The van der Waals surface area contributed by atoms with Crippen molar-refractivity contribution >= 4 is 36.1 Å². The molecule has 0 unspecified atom stereocenters. The summed E-state index contributed by atoms with van der Waals surface area (Å²) in [5.74, 6) is -1.59. The number of carboxylic acids is 1. The molecule has 2 rings (SSSR count). The van der Waals surface area contributed by atoms with Gasteiger partial charge in [-0.25, -0.2) is 4.79 Å². The minimum Gasteiger partial charge on any atom is -0.480 e. The summed E-state index contributed by atoms with van der Waals surface area (Å²) in [7, 11) is 0. The van der Waals surface area contributed by atoms with Gasteiger partial charge in [0.15, 0.2) is 0 Å². The standard InChI is InChI=1S/C19H32N4O5.ClH/c1-13(24)22-16(19(27)28)11-21-18(26)15-3-2-10-23(12-15)17(25)5-4-14-6-8-20-9-7-14;/h14-16,20H,2-12H2,1H3,(H,21,26)(H,22,24)(H,27,28);1H/t15-,16+;/m1./s1. The van der Waals surface area contributed by atoms with Gasteiger partial charge in [0.1, 0.15) is 6.04 Å². The van der Waals surface area contributed by atoms with Gasteiger partial charge in [0, 0.05) is 33.0 Å². The van der Waals surface area contributed by atoms with Gasteiger partial charge in [-0.05, 0) is 51.1 Å². The molecule has 2 atom stereocenters. The Morgan fingerprint density at radius 1 is 1.17 bits per heavy atom. The van der Waals surface area contributed by atoms with Gasteiger partial charge in [-0.3, -0.25) is 14.4 Å². The molecule has 0 saturated carbocycles. The van der Waals surface area contributed by atoms with Crippen molar-refractivity contribution < 1.29 is 24.3 Å². The lowest BCUT2D eigenvalue weighted by Crippen LogP contribution is -2.51. The molecule has 0 bridgehead atoms. The van der Waals surface area contributed by atoms with Crippen LogP contribution in [0.5, 0.6) is 0 Å². The summed E-state index contributed by atoms with van der Waals surface area (Å²) in [5, 5.41) is 17.3. The number of hydrogen-bond donors (Lipinski definition) is 4. The zero-order valence-corrected chi connectivity index (χ0v) is 17.8. The number of hydrogen-bond acceptors (Lipinski definition) is 5. The Balaban J connectivity index is 0.00000420. The van der Waals surface area contributed by atoms with E-state index in [2.05, 4.69) is 16.0 Å². The molecule has 3 amide bonds. The highest BCUT2D eigenvalue weighted by Crippen LogP contribution is 2.21. The monoisotopic (exact) mass is 432 g/mol. The van der Waals surface area contributed by atoms with Crippen LogP contribution in [-0.2, 0) is 19.2 Å². The Labute approximate surface area is 177 Å². The first-order valence-electron chi connectivity index (χ1n) is 10.1. The average molecular weight is 433 g/mol. The maximum atomic E-state index is 12.5. The molecular formula is C19H33ClN4O5. The van der Waals surface area contributed by atoms with Crippen LogP contribution in [0, 0.1) is 11.8 Å². The molecule has 0 spiro atoms. The summed E-state index contributed by atoms with van der Waals surface area (Å²) < 4.78 is 0. The van der Waals surface area contributed by atoms with Crippen molar-refractivity contribution in [1.82, 2.24) is 20.9 Å². The van der Waals surface area contributed by atoms with Crippen LogP contribution in [0.15, 0.2) is 0 Å². The van der Waals surface area contributed by atoms with Gasteiger partial charge in [-0.2, -0.15) is 0 Å². The summed E-state index contributed by atoms with van der Waals surface area (Å²) in [6.07, 6.45) is 5.05. The molecule has 2 aliphatic heterocycles. The lowest BCUT2D eigenvalue weighted by atomic mass is 9.92.